The molecule has 0 bridgehead atoms. The van der Waals surface area contributed by atoms with Gasteiger partial charge in [-0.25, -0.2) is 0 Å². The second kappa shape index (κ2) is 4.87. The van der Waals surface area contributed by atoms with E-state index in [4.69, 9.17) is 9.47 Å². The van der Waals surface area contributed by atoms with E-state index in [1.807, 2.05) is 0 Å². The van der Waals surface area contributed by atoms with E-state index in [1.165, 1.54) is 38.6 Å². The van der Waals surface area contributed by atoms with Crippen molar-refractivity contribution in [1.29, 1.82) is 0 Å². The lowest BCUT2D eigenvalue weighted by atomic mass is 9.85. The monoisotopic (exact) mass is 239 g/mol. The fourth-order valence-electron chi connectivity index (χ4n) is 3.80. The first kappa shape index (κ1) is 11.9. The van der Waals surface area contributed by atoms with E-state index < -0.39 is 0 Å². The maximum absolute atomic E-state index is 5.87. The van der Waals surface area contributed by atoms with Gasteiger partial charge in [0.05, 0.1) is 19.8 Å². The number of rotatable bonds is 1. The molecule has 1 spiro atoms. The average Bonchev–Trinajstić information content (AvgIpc) is 2.77. The van der Waals surface area contributed by atoms with Gasteiger partial charge in [-0.3, -0.25) is 4.90 Å². The zero-order valence-electron chi connectivity index (χ0n) is 11.0. The van der Waals surface area contributed by atoms with Crippen molar-refractivity contribution >= 4 is 0 Å². The van der Waals surface area contributed by atoms with Crippen LogP contribution in [-0.2, 0) is 9.47 Å². The van der Waals surface area contributed by atoms with E-state index in [0.29, 0.717) is 0 Å². The molecule has 2 atom stereocenters. The molecule has 2 heterocycles. The molecule has 17 heavy (non-hydrogen) atoms. The van der Waals surface area contributed by atoms with E-state index in [-0.39, 0.29) is 5.79 Å². The molecule has 2 saturated heterocycles. The highest BCUT2D eigenvalue weighted by Crippen LogP contribution is 2.34. The lowest BCUT2D eigenvalue weighted by Crippen LogP contribution is -2.53. The third-order valence-corrected chi connectivity index (χ3v) is 4.69. The maximum Gasteiger partial charge on any atom is 0.181 e. The number of nitrogens with zero attached hydrogens (tertiary/aromatic N) is 1. The molecule has 0 N–H and O–H groups in total. The van der Waals surface area contributed by atoms with Gasteiger partial charge in [0.15, 0.2) is 5.79 Å². The summed E-state index contributed by atoms with van der Waals surface area (Å²) in [5.41, 5.74) is 0. The summed E-state index contributed by atoms with van der Waals surface area (Å²) < 4.78 is 11.7. The van der Waals surface area contributed by atoms with E-state index in [1.54, 1.807) is 0 Å². The van der Waals surface area contributed by atoms with Crippen LogP contribution in [0.2, 0.25) is 0 Å². The molecule has 2 aliphatic heterocycles. The first-order chi connectivity index (χ1) is 8.27. The van der Waals surface area contributed by atoms with Crippen LogP contribution < -0.4 is 0 Å². The Hall–Kier alpha value is -0.120. The van der Waals surface area contributed by atoms with Crippen LogP contribution in [0.4, 0.5) is 0 Å². The van der Waals surface area contributed by atoms with Crippen LogP contribution in [0.25, 0.3) is 0 Å². The molecule has 2 unspecified atom stereocenters. The van der Waals surface area contributed by atoms with Gasteiger partial charge in [0.25, 0.3) is 0 Å². The highest BCUT2D eigenvalue weighted by molar-refractivity contribution is 4.88. The predicted octanol–water partition coefficient (Wildman–Crippen LogP) is 2.40. The fourth-order valence-corrected chi connectivity index (χ4v) is 3.80. The molecule has 98 valence electrons. The molecular formula is C14H25NO2. The molecule has 0 radical (unpaired) electrons. The van der Waals surface area contributed by atoms with E-state index in [9.17, 15) is 0 Å². The second-order valence-corrected chi connectivity index (χ2v) is 6.11. The summed E-state index contributed by atoms with van der Waals surface area (Å²) in [6, 6.07) is 0.781. The number of hydrogen-bond donors (Lipinski definition) is 0. The van der Waals surface area contributed by atoms with Gasteiger partial charge in [0.2, 0.25) is 0 Å². The van der Waals surface area contributed by atoms with Crippen molar-refractivity contribution in [2.75, 3.05) is 26.3 Å². The minimum absolute atomic E-state index is 0.237. The van der Waals surface area contributed by atoms with Gasteiger partial charge in [-0.2, -0.15) is 0 Å². The Labute approximate surface area is 104 Å². The molecule has 3 rings (SSSR count). The largest absolute Gasteiger partial charge is 0.346 e. The van der Waals surface area contributed by atoms with Crippen LogP contribution in [0.5, 0.6) is 0 Å². The number of hydrogen-bond acceptors (Lipinski definition) is 3. The van der Waals surface area contributed by atoms with Crippen molar-refractivity contribution in [2.24, 2.45) is 5.92 Å². The minimum atomic E-state index is -0.237. The van der Waals surface area contributed by atoms with Crippen LogP contribution in [0.3, 0.4) is 0 Å². The Morgan fingerprint density at radius 1 is 1.12 bits per heavy atom. The normalized spacial score (nSPS) is 38.6. The van der Waals surface area contributed by atoms with E-state index >= 15 is 0 Å². The van der Waals surface area contributed by atoms with Gasteiger partial charge in [0, 0.05) is 12.5 Å². The molecule has 0 aromatic rings. The van der Waals surface area contributed by atoms with Crippen molar-refractivity contribution in [3.8, 4) is 0 Å². The van der Waals surface area contributed by atoms with Crippen LogP contribution in [0.15, 0.2) is 0 Å². The van der Waals surface area contributed by atoms with Crippen molar-refractivity contribution in [3.05, 3.63) is 0 Å². The van der Waals surface area contributed by atoms with Crippen molar-refractivity contribution in [2.45, 2.75) is 57.3 Å². The Balaban J connectivity index is 1.62. The zero-order chi connectivity index (χ0) is 11.7. The summed E-state index contributed by atoms with van der Waals surface area (Å²) in [6.07, 6.45) is 7.88. The predicted molar refractivity (Wildman–Crippen MR) is 66.9 cm³/mol. The number of ether oxygens (including phenoxy) is 2. The third kappa shape index (κ3) is 2.51. The topological polar surface area (TPSA) is 21.7 Å². The first-order valence-electron chi connectivity index (χ1n) is 7.29. The second-order valence-electron chi connectivity index (χ2n) is 6.11. The molecule has 3 fully saturated rings. The molecular weight excluding hydrogens is 214 g/mol. The fraction of sp³-hybridized carbons (Fsp3) is 1.00. The highest BCUT2D eigenvalue weighted by Gasteiger charge is 2.42. The molecule has 3 heteroatoms. The number of likely N-dealkylation sites (tertiary alicyclic amines) is 1. The van der Waals surface area contributed by atoms with E-state index in [0.717, 1.165) is 38.1 Å². The quantitative estimate of drug-likeness (QED) is 0.701. The summed E-state index contributed by atoms with van der Waals surface area (Å²) in [5, 5.41) is 0. The molecule has 0 aromatic carbocycles. The Bertz CT molecular complexity index is 263. The molecule has 0 aromatic heterocycles. The molecule has 3 nitrogen and oxygen atoms in total. The number of piperidine rings is 1. The maximum atomic E-state index is 5.87. The van der Waals surface area contributed by atoms with Gasteiger partial charge in [-0.15, -0.1) is 0 Å². The van der Waals surface area contributed by atoms with Gasteiger partial charge in [-0.1, -0.05) is 19.8 Å². The highest BCUT2D eigenvalue weighted by atomic mass is 16.7. The summed E-state index contributed by atoms with van der Waals surface area (Å²) in [4.78, 5) is 2.64. The van der Waals surface area contributed by atoms with Crippen molar-refractivity contribution in [1.82, 2.24) is 4.90 Å². The van der Waals surface area contributed by atoms with Gasteiger partial charge in [-0.05, 0) is 31.7 Å². The smallest absolute Gasteiger partial charge is 0.181 e. The Morgan fingerprint density at radius 2 is 1.94 bits per heavy atom. The zero-order valence-corrected chi connectivity index (χ0v) is 11.0. The first-order valence-corrected chi connectivity index (χ1v) is 7.29. The lowest BCUT2D eigenvalue weighted by molar-refractivity contribution is -0.195. The summed E-state index contributed by atoms with van der Waals surface area (Å²) >= 11 is 0. The Kier molecular flexibility index (Phi) is 3.42. The van der Waals surface area contributed by atoms with Crippen LogP contribution >= 0.6 is 0 Å². The van der Waals surface area contributed by atoms with Crippen LogP contribution in [-0.4, -0.2) is 43.0 Å². The van der Waals surface area contributed by atoms with Gasteiger partial charge in [0.1, 0.15) is 0 Å². The van der Waals surface area contributed by atoms with Crippen molar-refractivity contribution < 1.29 is 9.47 Å². The molecule has 0 amide bonds. The Morgan fingerprint density at radius 3 is 2.71 bits per heavy atom. The van der Waals surface area contributed by atoms with Crippen LogP contribution in [0, 0.1) is 5.92 Å². The molecule has 1 aliphatic carbocycles. The van der Waals surface area contributed by atoms with Crippen molar-refractivity contribution in [3.63, 3.8) is 0 Å². The third-order valence-electron chi connectivity index (χ3n) is 4.69. The lowest BCUT2D eigenvalue weighted by Gasteiger charge is -2.44. The summed E-state index contributed by atoms with van der Waals surface area (Å²) in [6.45, 7) is 6.22. The van der Waals surface area contributed by atoms with Crippen LogP contribution in [0.1, 0.15) is 45.4 Å². The molecule has 1 saturated carbocycles. The molecule has 3 aliphatic rings. The SMILES string of the molecule is CC1CCCC(N2CCCC3(C2)OCCO3)C1. The average molecular weight is 239 g/mol. The minimum Gasteiger partial charge on any atom is -0.346 e. The van der Waals surface area contributed by atoms with E-state index in [2.05, 4.69) is 11.8 Å². The van der Waals surface area contributed by atoms with Gasteiger partial charge < -0.3 is 9.47 Å². The summed E-state index contributed by atoms with van der Waals surface area (Å²) in [5.74, 6) is 0.663. The van der Waals surface area contributed by atoms with Gasteiger partial charge >= 0.3 is 0 Å². The standard InChI is InChI=1S/C14H25NO2/c1-12-4-2-5-13(10-12)15-7-3-6-14(11-15)16-8-9-17-14/h12-13H,2-11H2,1H3. The summed E-state index contributed by atoms with van der Waals surface area (Å²) in [7, 11) is 0.